The summed E-state index contributed by atoms with van der Waals surface area (Å²) in [5.74, 6) is -0.554. The molecule has 30 heavy (non-hydrogen) atoms. The number of anilines is 1. The summed E-state index contributed by atoms with van der Waals surface area (Å²) in [6, 6.07) is 15.1. The van der Waals surface area contributed by atoms with Gasteiger partial charge in [0.2, 0.25) is 5.91 Å². The van der Waals surface area contributed by atoms with E-state index in [1.165, 1.54) is 23.5 Å². The van der Waals surface area contributed by atoms with Crippen LogP contribution in [0.4, 0.5) is 9.52 Å². The molecule has 3 aromatic rings. The first-order valence-corrected chi connectivity index (χ1v) is 10.8. The summed E-state index contributed by atoms with van der Waals surface area (Å²) in [5.41, 5.74) is 1.62. The first-order chi connectivity index (χ1) is 14.6. The van der Waals surface area contributed by atoms with Gasteiger partial charge in [0.15, 0.2) is 5.13 Å². The van der Waals surface area contributed by atoms with Crippen LogP contribution in [0.15, 0.2) is 60.8 Å². The zero-order valence-electron chi connectivity index (χ0n) is 16.4. The van der Waals surface area contributed by atoms with Crippen molar-refractivity contribution in [3.63, 3.8) is 0 Å². The van der Waals surface area contributed by atoms with E-state index in [4.69, 9.17) is 0 Å². The van der Waals surface area contributed by atoms with E-state index in [1.54, 1.807) is 17.2 Å². The Morgan fingerprint density at radius 1 is 1.17 bits per heavy atom. The van der Waals surface area contributed by atoms with E-state index in [2.05, 4.69) is 10.3 Å². The fourth-order valence-corrected chi connectivity index (χ4v) is 4.53. The molecule has 1 atom stereocenters. The van der Waals surface area contributed by atoms with Crippen LogP contribution in [-0.2, 0) is 16.0 Å². The zero-order valence-corrected chi connectivity index (χ0v) is 17.2. The second-order valence-electron chi connectivity index (χ2n) is 7.29. The maximum Gasteiger partial charge on any atom is 0.253 e. The standard InChI is InChI=1S/C23H22FN3O2S/c24-18-10-6-7-16(13-18)14-19-15-25-23(30-19)26-22(29)21(17-8-2-1-3-9-17)27-12-5-4-11-20(27)28/h1-3,6-10,13,15,21H,4-5,11-12,14H2,(H,25,26,29). The highest BCUT2D eigenvalue weighted by Gasteiger charge is 2.33. The summed E-state index contributed by atoms with van der Waals surface area (Å²) in [7, 11) is 0. The lowest BCUT2D eigenvalue weighted by Crippen LogP contribution is -2.43. The van der Waals surface area contributed by atoms with Gasteiger partial charge in [-0.15, -0.1) is 11.3 Å². The summed E-state index contributed by atoms with van der Waals surface area (Å²) in [5, 5.41) is 3.35. The van der Waals surface area contributed by atoms with Crippen LogP contribution < -0.4 is 5.32 Å². The molecule has 1 N–H and O–H groups in total. The minimum atomic E-state index is -0.686. The second-order valence-corrected chi connectivity index (χ2v) is 8.40. The van der Waals surface area contributed by atoms with Gasteiger partial charge in [-0.1, -0.05) is 42.5 Å². The maximum absolute atomic E-state index is 13.4. The van der Waals surface area contributed by atoms with Crippen molar-refractivity contribution in [2.24, 2.45) is 0 Å². The van der Waals surface area contributed by atoms with Gasteiger partial charge in [-0.2, -0.15) is 0 Å². The predicted molar refractivity (Wildman–Crippen MR) is 115 cm³/mol. The molecule has 1 unspecified atom stereocenters. The van der Waals surface area contributed by atoms with Crippen LogP contribution in [-0.4, -0.2) is 28.2 Å². The van der Waals surface area contributed by atoms with Crippen molar-refractivity contribution < 1.29 is 14.0 Å². The maximum atomic E-state index is 13.4. The molecule has 1 aliphatic rings. The third-order valence-electron chi connectivity index (χ3n) is 5.09. The number of nitrogens with one attached hydrogen (secondary N) is 1. The highest BCUT2D eigenvalue weighted by molar-refractivity contribution is 7.15. The number of hydrogen-bond donors (Lipinski definition) is 1. The Bertz CT molecular complexity index is 1040. The fourth-order valence-electron chi connectivity index (χ4n) is 3.68. The van der Waals surface area contributed by atoms with E-state index in [9.17, 15) is 14.0 Å². The lowest BCUT2D eigenvalue weighted by Gasteiger charge is -2.33. The van der Waals surface area contributed by atoms with Gasteiger partial charge >= 0.3 is 0 Å². The summed E-state index contributed by atoms with van der Waals surface area (Å²) < 4.78 is 13.4. The highest BCUT2D eigenvalue weighted by atomic mass is 32.1. The van der Waals surface area contributed by atoms with Gasteiger partial charge in [-0.25, -0.2) is 9.37 Å². The molecular weight excluding hydrogens is 401 g/mol. The molecule has 1 aliphatic heterocycles. The average Bonchev–Trinajstić information content (AvgIpc) is 3.17. The molecule has 2 aromatic carbocycles. The molecule has 5 nitrogen and oxygen atoms in total. The van der Waals surface area contributed by atoms with Crippen molar-refractivity contribution in [3.05, 3.63) is 82.6 Å². The lowest BCUT2D eigenvalue weighted by molar-refractivity contribution is -0.141. The molecule has 2 heterocycles. The third kappa shape index (κ3) is 4.74. The van der Waals surface area contributed by atoms with Crippen LogP contribution in [0.3, 0.4) is 0 Å². The largest absolute Gasteiger partial charge is 0.327 e. The van der Waals surface area contributed by atoms with E-state index in [0.29, 0.717) is 24.5 Å². The molecule has 0 bridgehead atoms. The summed E-state index contributed by atoms with van der Waals surface area (Å²) in [4.78, 5) is 32.6. The van der Waals surface area contributed by atoms with Gasteiger partial charge in [-0.3, -0.25) is 14.9 Å². The Hall–Kier alpha value is -3.06. The van der Waals surface area contributed by atoms with Crippen molar-refractivity contribution in [3.8, 4) is 0 Å². The van der Waals surface area contributed by atoms with E-state index < -0.39 is 6.04 Å². The fraction of sp³-hybridized carbons (Fsp3) is 0.261. The summed E-state index contributed by atoms with van der Waals surface area (Å²) >= 11 is 1.35. The Morgan fingerprint density at radius 3 is 2.77 bits per heavy atom. The van der Waals surface area contributed by atoms with Crippen LogP contribution in [0.1, 0.15) is 41.3 Å². The Kier molecular flexibility index (Phi) is 6.18. The number of aromatic nitrogens is 1. The van der Waals surface area contributed by atoms with Crippen molar-refractivity contribution in [2.75, 3.05) is 11.9 Å². The number of rotatable bonds is 6. The van der Waals surface area contributed by atoms with Crippen molar-refractivity contribution >= 4 is 28.3 Å². The molecule has 1 aromatic heterocycles. The Morgan fingerprint density at radius 2 is 2.00 bits per heavy atom. The smallest absolute Gasteiger partial charge is 0.253 e. The van der Waals surface area contributed by atoms with Gasteiger partial charge < -0.3 is 4.90 Å². The summed E-state index contributed by atoms with van der Waals surface area (Å²) in [6.45, 7) is 0.564. The van der Waals surface area contributed by atoms with Crippen LogP contribution in [0.2, 0.25) is 0 Å². The molecule has 0 spiro atoms. The lowest BCUT2D eigenvalue weighted by atomic mass is 10.0. The van der Waals surface area contributed by atoms with Crippen LogP contribution in [0.5, 0.6) is 0 Å². The zero-order chi connectivity index (χ0) is 20.9. The molecule has 1 fully saturated rings. The van der Waals surface area contributed by atoms with E-state index in [-0.39, 0.29) is 17.6 Å². The molecular formula is C23H22FN3O2S. The van der Waals surface area contributed by atoms with Crippen LogP contribution in [0.25, 0.3) is 0 Å². The highest BCUT2D eigenvalue weighted by Crippen LogP contribution is 2.28. The number of amides is 2. The number of thiazole rings is 1. The molecule has 2 amide bonds. The van der Waals surface area contributed by atoms with E-state index in [0.717, 1.165) is 28.8 Å². The predicted octanol–water partition coefficient (Wildman–Crippen LogP) is 4.57. The number of piperidine rings is 1. The number of carbonyl (C=O) groups excluding carboxylic acids is 2. The number of hydrogen-bond acceptors (Lipinski definition) is 4. The minimum Gasteiger partial charge on any atom is -0.327 e. The first kappa shape index (κ1) is 20.2. The second kappa shape index (κ2) is 9.17. The van der Waals surface area contributed by atoms with Crippen molar-refractivity contribution in [1.82, 2.24) is 9.88 Å². The number of benzene rings is 2. The van der Waals surface area contributed by atoms with Crippen LogP contribution in [0, 0.1) is 5.82 Å². The normalized spacial score (nSPS) is 15.1. The SMILES string of the molecule is O=C(Nc1ncc(Cc2cccc(F)c2)s1)C(c1ccccc1)N1CCCCC1=O. The van der Waals surface area contributed by atoms with E-state index in [1.807, 2.05) is 36.4 Å². The number of carbonyl (C=O) groups is 2. The van der Waals surface area contributed by atoms with Gasteiger partial charge in [0.1, 0.15) is 11.9 Å². The third-order valence-corrected chi connectivity index (χ3v) is 6.00. The molecule has 0 radical (unpaired) electrons. The van der Waals surface area contributed by atoms with Crippen molar-refractivity contribution in [1.29, 1.82) is 0 Å². The molecule has 154 valence electrons. The number of nitrogens with zero attached hydrogens (tertiary/aromatic N) is 2. The molecule has 4 rings (SSSR count). The topological polar surface area (TPSA) is 62.3 Å². The first-order valence-electron chi connectivity index (χ1n) is 9.94. The quantitative estimate of drug-likeness (QED) is 0.632. The van der Waals surface area contributed by atoms with Gasteiger partial charge in [0.25, 0.3) is 5.91 Å². The Balaban J connectivity index is 1.51. The van der Waals surface area contributed by atoms with Crippen molar-refractivity contribution in [2.45, 2.75) is 31.7 Å². The average molecular weight is 424 g/mol. The van der Waals surface area contributed by atoms with Gasteiger partial charge in [-0.05, 0) is 36.1 Å². The molecule has 0 aliphatic carbocycles. The molecule has 1 saturated heterocycles. The van der Waals surface area contributed by atoms with Gasteiger partial charge in [0.05, 0.1) is 0 Å². The molecule has 7 heteroatoms. The van der Waals surface area contributed by atoms with Gasteiger partial charge in [0, 0.05) is 30.5 Å². The summed E-state index contributed by atoms with van der Waals surface area (Å²) in [6.07, 6.45) is 4.43. The molecule has 0 saturated carbocycles. The number of likely N-dealkylation sites (tertiary alicyclic amines) is 1. The monoisotopic (exact) mass is 423 g/mol. The van der Waals surface area contributed by atoms with E-state index >= 15 is 0 Å². The minimum absolute atomic E-state index is 0.00353. The number of halogens is 1. The Labute approximate surface area is 178 Å². The van der Waals surface area contributed by atoms with Crippen LogP contribution >= 0.6 is 11.3 Å².